The lowest BCUT2D eigenvalue weighted by atomic mass is 10.5. The van der Waals surface area contributed by atoms with Crippen LogP contribution in [0.4, 0.5) is 0 Å². The van der Waals surface area contributed by atoms with E-state index in [2.05, 4.69) is 20.1 Å². The molecular weight excluding hydrogens is 238 g/mol. The van der Waals surface area contributed by atoms with Crippen LogP contribution in [0.5, 0.6) is 0 Å². The fourth-order valence-corrected chi connectivity index (χ4v) is 1.74. The highest BCUT2D eigenvalue weighted by Gasteiger charge is 2.14. The second-order valence-corrected chi connectivity index (χ2v) is 3.80. The Kier molecular flexibility index (Phi) is 1.97. The lowest BCUT2D eigenvalue weighted by Crippen LogP contribution is -2.36. The summed E-state index contributed by atoms with van der Waals surface area (Å²) >= 11 is 0. The van der Waals surface area contributed by atoms with Crippen LogP contribution in [0.3, 0.4) is 0 Å². The van der Waals surface area contributed by atoms with E-state index in [1.807, 2.05) is 0 Å². The number of aromatic nitrogens is 7. The zero-order valence-corrected chi connectivity index (χ0v) is 9.65. The van der Waals surface area contributed by atoms with Crippen molar-refractivity contribution >= 4 is 11.2 Å². The summed E-state index contributed by atoms with van der Waals surface area (Å²) < 4.78 is 3.70. The molecule has 0 saturated heterocycles. The number of H-pyrrole nitrogens is 1. The van der Waals surface area contributed by atoms with Gasteiger partial charge in [-0.25, -0.2) is 9.78 Å². The van der Waals surface area contributed by atoms with Gasteiger partial charge < -0.3 is 4.98 Å². The van der Waals surface area contributed by atoms with Crippen LogP contribution in [-0.4, -0.2) is 33.9 Å². The first-order valence-electron chi connectivity index (χ1n) is 5.10. The number of aromatic amines is 1. The van der Waals surface area contributed by atoms with Crippen molar-refractivity contribution in [2.24, 2.45) is 14.1 Å². The molecular formula is C9H9N7O2. The molecule has 1 N–H and O–H groups in total. The first kappa shape index (κ1) is 10.4. The molecule has 3 aromatic rings. The summed E-state index contributed by atoms with van der Waals surface area (Å²) in [4.78, 5) is 34.4. The number of imidazole rings is 1. The normalized spacial score (nSPS) is 11.2. The van der Waals surface area contributed by atoms with Gasteiger partial charge in [-0.3, -0.25) is 13.9 Å². The van der Waals surface area contributed by atoms with Gasteiger partial charge >= 0.3 is 5.69 Å². The Morgan fingerprint density at radius 1 is 1.22 bits per heavy atom. The molecule has 0 aliphatic heterocycles. The van der Waals surface area contributed by atoms with Gasteiger partial charge in [0.1, 0.15) is 12.7 Å². The molecule has 0 saturated carbocycles. The van der Waals surface area contributed by atoms with Crippen molar-refractivity contribution in [3.8, 4) is 5.95 Å². The number of hydrogen-bond acceptors (Lipinski definition) is 5. The van der Waals surface area contributed by atoms with Gasteiger partial charge in [0.15, 0.2) is 11.2 Å². The van der Waals surface area contributed by atoms with Crippen LogP contribution in [0, 0.1) is 0 Å². The lowest BCUT2D eigenvalue weighted by molar-refractivity contribution is 0.708. The van der Waals surface area contributed by atoms with E-state index < -0.39 is 11.2 Å². The zero-order valence-electron chi connectivity index (χ0n) is 9.65. The van der Waals surface area contributed by atoms with Crippen molar-refractivity contribution in [2.75, 3.05) is 0 Å². The molecule has 0 radical (unpaired) electrons. The minimum Gasteiger partial charge on any atom is -0.316 e. The first-order chi connectivity index (χ1) is 8.59. The molecule has 3 heterocycles. The number of fused-ring (bicyclic) bond motifs is 1. The molecule has 0 aromatic carbocycles. The summed E-state index contributed by atoms with van der Waals surface area (Å²) in [7, 11) is 2.97. The van der Waals surface area contributed by atoms with Crippen LogP contribution < -0.4 is 11.2 Å². The van der Waals surface area contributed by atoms with Crippen molar-refractivity contribution in [1.82, 2.24) is 33.9 Å². The van der Waals surface area contributed by atoms with Gasteiger partial charge in [-0.2, -0.15) is 14.8 Å². The van der Waals surface area contributed by atoms with Crippen LogP contribution in [0.15, 0.2) is 22.2 Å². The predicted octanol–water partition coefficient (Wildman–Crippen LogP) is -1.46. The average Bonchev–Trinajstić information content (AvgIpc) is 3.01. The van der Waals surface area contributed by atoms with E-state index in [9.17, 15) is 9.59 Å². The molecule has 0 bridgehead atoms. The lowest BCUT2D eigenvalue weighted by Gasteiger charge is -2.00. The second kappa shape index (κ2) is 3.39. The molecule has 0 amide bonds. The maximum absolute atomic E-state index is 11.9. The van der Waals surface area contributed by atoms with Gasteiger partial charge in [-0.05, 0) is 0 Å². The molecule has 3 rings (SSSR count). The van der Waals surface area contributed by atoms with Crippen LogP contribution in [0.1, 0.15) is 0 Å². The Morgan fingerprint density at radius 3 is 2.67 bits per heavy atom. The highest BCUT2D eigenvalue weighted by atomic mass is 16.2. The summed E-state index contributed by atoms with van der Waals surface area (Å²) in [6.45, 7) is 0. The minimum atomic E-state index is -0.427. The topological polar surface area (TPSA) is 103 Å². The van der Waals surface area contributed by atoms with E-state index in [1.165, 1.54) is 29.0 Å². The number of aryl methyl sites for hydroxylation is 1. The quantitative estimate of drug-likeness (QED) is 0.566. The Morgan fingerprint density at radius 2 is 2.00 bits per heavy atom. The molecule has 0 unspecified atom stereocenters. The van der Waals surface area contributed by atoms with E-state index in [-0.39, 0.29) is 11.2 Å². The highest BCUT2D eigenvalue weighted by molar-refractivity contribution is 5.71. The van der Waals surface area contributed by atoms with Gasteiger partial charge in [0.05, 0.1) is 0 Å². The first-order valence-corrected chi connectivity index (χ1v) is 5.10. The highest BCUT2D eigenvalue weighted by Crippen LogP contribution is 2.06. The van der Waals surface area contributed by atoms with Crippen LogP contribution >= 0.6 is 0 Å². The summed E-state index contributed by atoms with van der Waals surface area (Å²) in [5.41, 5.74) is -0.310. The van der Waals surface area contributed by atoms with Crippen molar-refractivity contribution in [2.45, 2.75) is 0 Å². The van der Waals surface area contributed by atoms with Gasteiger partial charge in [0.2, 0.25) is 5.95 Å². The predicted molar refractivity (Wildman–Crippen MR) is 61.5 cm³/mol. The number of nitrogens with zero attached hydrogens (tertiary/aromatic N) is 6. The SMILES string of the molecule is Cn1c(=O)c2[nH]c(-n3cncn3)nc2n(C)c1=O. The smallest absolute Gasteiger partial charge is 0.316 e. The Balaban J connectivity index is 2.44. The summed E-state index contributed by atoms with van der Waals surface area (Å²) in [6.07, 6.45) is 2.80. The standard InChI is InChI=1S/C9H9N7O2/c1-14-6-5(7(17)15(2)9(14)18)12-8(13-6)16-4-10-3-11-16/h3-4H,1-2H3,(H,12,13). The van der Waals surface area contributed by atoms with E-state index in [0.717, 1.165) is 4.57 Å². The molecule has 0 atom stereocenters. The van der Waals surface area contributed by atoms with Crippen LogP contribution in [0.25, 0.3) is 17.1 Å². The maximum atomic E-state index is 11.9. The zero-order chi connectivity index (χ0) is 12.9. The summed E-state index contributed by atoms with van der Waals surface area (Å²) in [6, 6.07) is 0. The fourth-order valence-electron chi connectivity index (χ4n) is 1.74. The van der Waals surface area contributed by atoms with E-state index in [1.54, 1.807) is 7.05 Å². The van der Waals surface area contributed by atoms with Crippen molar-refractivity contribution < 1.29 is 0 Å². The van der Waals surface area contributed by atoms with Crippen LogP contribution in [-0.2, 0) is 14.1 Å². The third kappa shape index (κ3) is 1.24. The van der Waals surface area contributed by atoms with Gasteiger partial charge in [-0.15, -0.1) is 0 Å². The molecule has 18 heavy (non-hydrogen) atoms. The van der Waals surface area contributed by atoms with Gasteiger partial charge in [0.25, 0.3) is 5.56 Å². The van der Waals surface area contributed by atoms with Gasteiger partial charge in [0, 0.05) is 14.1 Å². The average molecular weight is 247 g/mol. The van der Waals surface area contributed by atoms with Crippen molar-refractivity contribution in [3.63, 3.8) is 0 Å². The molecule has 9 nitrogen and oxygen atoms in total. The molecule has 0 spiro atoms. The monoisotopic (exact) mass is 247 g/mol. The summed E-state index contributed by atoms with van der Waals surface area (Å²) in [5.74, 6) is 0.334. The fraction of sp³-hybridized carbons (Fsp3) is 0.222. The molecule has 3 aromatic heterocycles. The van der Waals surface area contributed by atoms with Gasteiger partial charge in [-0.1, -0.05) is 0 Å². The third-order valence-electron chi connectivity index (χ3n) is 2.72. The molecule has 92 valence electrons. The Labute approximate surface area is 99.3 Å². The van der Waals surface area contributed by atoms with Crippen LogP contribution in [0.2, 0.25) is 0 Å². The molecule has 0 fully saturated rings. The summed E-state index contributed by atoms with van der Waals surface area (Å²) in [5, 5.41) is 3.90. The minimum absolute atomic E-state index is 0.255. The van der Waals surface area contributed by atoms with E-state index in [4.69, 9.17) is 0 Å². The maximum Gasteiger partial charge on any atom is 0.332 e. The Bertz CT molecular complexity index is 836. The number of hydrogen-bond donors (Lipinski definition) is 1. The molecule has 0 aliphatic carbocycles. The van der Waals surface area contributed by atoms with E-state index in [0.29, 0.717) is 5.95 Å². The largest absolute Gasteiger partial charge is 0.332 e. The molecule has 9 heteroatoms. The van der Waals surface area contributed by atoms with E-state index >= 15 is 0 Å². The molecule has 0 aliphatic rings. The Hall–Kier alpha value is -2.71. The van der Waals surface area contributed by atoms with Crippen molar-refractivity contribution in [1.29, 1.82) is 0 Å². The second-order valence-electron chi connectivity index (χ2n) is 3.80. The number of nitrogens with one attached hydrogen (secondary N) is 1. The van der Waals surface area contributed by atoms with Crippen molar-refractivity contribution in [3.05, 3.63) is 33.5 Å². The number of rotatable bonds is 1. The third-order valence-corrected chi connectivity index (χ3v) is 2.72.